The van der Waals surface area contributed by atoms with Gasteiger partial charge < -0.3 is 29.3 Å². The summed E-state index contributed by atoms with van der Waals surface area (Å²) in [6.45, 7) is 8.21. The highest BCUT2D eigenvalue weighted by molar-refractivity contribution is 7.13. The molecular formula is C31H37N5O6S. The third kappa shape index (κ3) is 8.02. The molecule has 12 heteroatoms. The molecule has 0 unspecified atom stereocenters. The minimum Gasteiger partial charge on any atom is -0.497 e. The molecule has 0 atom stereocenters. The van der Waals surface area contributed by atoms with Crippen LogP contribution in [0.25, 0.3) is 0 Å². The Morgan fingerprint density at radius 1 is 1.05 bits per heavy atom. The summed E-state index contributed by atoms with van der Waals surface area (Å²) in [6, 6.07) is 12.8. The van der Waals surface area contributed by atoms with Crippen molar-refractivity contribution in [1.82, 2.24) is 19.7 Å². The van der Waals surface area contributed by atoms with Gasteiger partial charge in [0, 0.05) is 50.2 Å². The number of amides is 3. The van der Waals surface area contributed by atoms with E-state index in [9.17, 15) is 14.4 Å². The summed E-state index contributed by atoms with van der Waals surface area (Å²) in [6.07, 6.45) is 0.171. The summed E-state index contributed by atoms with van der Waals surface area (Å²) in [5, 5.41) is 4.99. The minimum atomic E-state index is -0.340. The molecule has 3 aromatic rings. The average Bonchev–Trinajstić information content (AvgIpc) is 3.65. The zero-order chi connectivity index (χ0) is 30.3. The van der Waals surface area contributed by atoms with Gasteiger partial charge in [-0.05, 0) is 47.9 Å². The van der Waals surface area contributed by atoms with Crippen LogP contribution in [-0.4, -0.2) is 90.6 Å². The molecule has 3 heterocycles. The summed E-state index contributed by atoms with van der Waals surface area (Å²) < 4.78 is 16.0. The quantitative estimate of drug-likeness (QED) is 0.353. The van der Waals surface area contributed by atoms with Crippen LogP contribution >= 0.6 is 11.3 Å². The molecule has 11 nitrogen and oxygen atoms in total. The molecule has 228 valence electrons. The van der Waals surface area contributed by atoms with Crippen molar-refractivity contribution in [3.63, 3.8) is 0 Å². The van der Waals surface area contributed by atoms with Gasteiger partial charge in [0.05, 0.1) is 19.2 Å². The molecule has 1 aromatic heterocycles. The SMILES string of the molecule is COc1ccc(C(=O)N(CC(=O)Nc2nc(CC(=O)N3CCN(Cc4ccc5c(c4)OCO5)CC3)cs2)CC(C)C)cc1. The highest BCUT2D eigenvalue weighted by Gasteiger charge is 2.24. The molecule has 0 aliphatic carbocycles. The fourth-order valence-corrected chi connectivity index (χ4v) is 5.80. The summed E-state index contributed by atoms with van der Waals surface area (Å²) in [4.78, 5) is 49.2. The lowest BCUT2D eigenvalue weighted by molar-refractivity contribution is -0.132. The van der Waals surface area contributed by atoms with Crippen LogP contribution in [0.4, 0.5) is 5.13 Å². The van der Waals surface area contributed by atoms with Crippen molar-refractivity contribution in [3.05, 3.63) is 64.7 Å². The van der Waals surface area contributed by atoms with Gasteiger partial charge in [-0.3, -0.25) is 19.3 Å². The Bertz CT molecular complexity index is 1430. The zero-order valence-corrected chi connectivity index (χ0v) is 25.5. The smallest absolute Gasteiger partial charge is 0.254 e. The van der Waals surface area contributed by atoms with Crippen LogP contribution in [0.5, 0.6) is 17.2 Å². The van der Waals surface area contributed by atoms with E-state index in [2.05, 4.69) is 15.2 Å². The zero-order valence-electron chi connectivity index (χ0n) is 24.7. The van der Waals surface area contributed by atoms with E-state index in [0.717, 1.165) is 36.7 Å². The largest absolute Gasteiger partial charge is 0.497 e. The Balaban J connectivity index is 1.09. The number of carbonyl (C=O) groups excluding carboxylic acids is 3. The van der Waals surface area contributed by atoms with Crippen LogP contribution in [0.1, 0.15) is 35.5 Å². The third-order valence-corrected chi connectivity index (χ3v) is 8.05. The van der Waals surface area contributed by atoms with Crippen LogP contribution in [0.2, 0.25) is 0 Å². The number of aromatic nitrogens is 1. The Morgan fingerprint density at radius 2 is 1.79 bits per heavy atom. The molecule has 0 saturated carbocycles. The Labute approximate surface area is 255 Å². The lowest BCUT2D eigenvalue weighted by atomic mass is 10.1. The maximum absolute atomic E-state index is 13.1. The molecule has 3 amide bonds. The predicted molar refractivity (Wildman–Crippen MR) is 163 cm³/mol. The van der Waals surface area contributed by atoms with Crippen molar-refractivity contribution in [3.8, 4) is 17.2 Å². The first-order chi connectivity index (χ1) is 20.8. The van der Waals surface area contributed by atoms with Gasteiger partial charge in [0.15, 0.2) is 16.6 Å². The number of hydrogen-bond acceptors (Lipinski definition) is 9. The number of piperazine rings is 1. The van der Waals surface area contributed by atoms with Crippen molar-refractivity contribution in [2.45, 2.75) is 26.8 Å². The molecule has 1 N–H and O–H groups in total. The molecule has 2 aliphatic heterocycles. The Morgan fingerprint density at radius 3 is 2.51 bits per heavy atom. The molecule has 0 radical (unpaired) electrons. The molecule has 43 heavy (non-hydrogen) atoms. The standard InChI is InChI=1S/C31H37N5O6S/c1-21(2)16-36(30(39)23-5-7-25(40-3)8-6-23)18-28(37)33-31-32-24(19-43-31)15-29(38)35-12-10-34(11-13-35)17-22-4-9-26-27(14-22)42-20-41-26/h4-9,14,19,21H,10-13,15-18,20H2,1-3H3,(H,32,33,37). The highest BCUT2D eigenvalue weighted by Crippen LogP contribution is 2.33. The monoisotopic (exact) mass is 607 g/mol. The first kappa shape index (κ1) is 30.3. The van der Waals surface area contributed by atoms with E-state index in [0.29, 0.717) is 41.8 Å². The van der Waals surface area contributed by atoms with Gasteiger partial charge in [0.2, 0.25) is 18.6 Å². The number of anilines is 1. The maximum Gasteiger partial charge on any atom is 0.254 e. The number of fused-ring (bicyclic) bond motifs is 1. The minimum absolute atomic E-state index is 0.0131. The molecule has 2 aromatic carbocycles. The molecule has 1 saturated heterocycles. The van der Waals surface area contributed by atoms with Crippen LogP contribution in [0, 0.1) is 5.92 Å². The van der Waals surface area contributed by atoms with Gasteiger partial charge in [-0.15, -0.1) is 11.3 Å². The number of ether oxygens (including phenoxy) is 3. The number of benzene rings is 2. The van der Waals surface area contributed by atoms with E-state index in [1.807, 2.05) is 36.9 Å². The third-order valence-electron chi connectivity index (χ3n) is 7.24. The predicted octanol–water partition coefficient (Wildman–Crippen LogP) is 3.50. The second kappa shape index (κ2) is 13.9. The van der Waals surface area contributed by atoms with E-state index >= 15 is 0 Å². The Kier molecular flexibility index (Phi) is 9.78. The summed E-state index contributed by atoms with van der Waals surface area (Å²) >= 11 is 1.27. The first-order valence-electron chi connectivity index (χ1n) is 14.3. The summed E-state index contributed by atoms with van der Waals surface area (Å²) in [5.41, 5.74) is 2.25. The van der Waals surface area contributed by atoms with Crippen molar-refractivity contribution in [2.75, 3.05) is 58.5 Å². The average molecular weight is 608 g/mol. The Hall–Kier alpha value is -4.16. The summed E-state index contributed by atoms with van der Waals surface area (Å²) in [5.74, 6) is 1.83. The first-order valence-corrected chi connectivity index (χ1v) is 15.2. The second-order valence-electron chi connectivity index (χ2n) is 11.0. The van der Waals surface area contributed by atoms with E-state index in [1.54, 1.807) is 36.8 Å². The van der Waals surface area contributed by atoms with Crippen molar-refractivity contribution in [2.24, 2.45) is 5.92 Å². The number of nitrogens with zero attached hydrogens (tertiary/aromatic N) is 4. The molecule has 5 rings (SSSR count). The highest BCUT2D eigenvalue weighted by atomic mass is 32.1. The lowest BCUT2D eigenvalue weighted by Crippen LogP contribution is -2.48. The maximum atomic E-state index is 13.1. The second-order valence-corrected chi connectivity index (χ2v) is 11.9. The van der Waals surface area contributed by atoms with Crippen molar-refractivity contribution >= 4 is 34.2 Å². The van der Waals surface area contributed by atoms with Crippen LogP contribution in [-0.2, 0) is 22.6 Å². The number of carbonyl (C=O) groups is 3. The van der Waals surface area contributed by atoms with Gasteiger partial charge in [0.25, 0.3) is 5.91 Å². The van der Waals surface area contributed by atoms with Gasteiger partial charge in [-0.1, -0.05) is 19.9 Å². The molecule has 2 aliphatic rings. The van der Waals surface area contributed by atoms with Crippen molar-refractivity contribution < 1.29 is 28.6 Å². The topological polar surface area (TPSA) is 114 Å². The van der Waals surface area contributed by atoms with E-state index in [4.69, 9.17) is 14.2 Å². The number of thiazole rings is 1. The number of hydrogen-bond donors (Lipinski definition) is 1. The van der Waals surface area contributed by atoms with E-state index in [1.165, 1.54) is 16.2 Å². The fourth-order valence-electron chi connectivity index (χ4n) is 5.07. The molecule has 0 bridgehead atoms. The van der Waals surface area contributed by atoms with E-state index < -0.39 is 0 Å². The van der Waals surface area contributed by atoms with Gasteiger partial charge >= 0.3 is 0 Å². The fraction of sp³-hybridized carbons (Fsp3) is 0.419. The van der Waals surface area contributed by atoms with E-state index in [-0.39, 0.29) is 43.4 Å². The number of nitrogens with one attached hydrogen (secondary N) is 1. The molecule has 0 spiro atoms. The van der Waals surface area contributed by atoms with Crippen molar-refractivity contribution in [1.29, 1.82) is 0 Å². The van der Waals surface area contributed by atoms with Gasteiger partial charge in [-0.2, -0.15) is 0 Å². The van der Waals surface area contributed by atoms with Crippen LogP contribution < -0.4 is 19.5 Å². The lowest BCUT2D eigenvalue weighted by Gasteiger charge is -2.34. The van der Waals surface area contributed by atoms with Gasteiger partial charge in [0.1, 0.15) is 12.3 Å². The van der Waals surface area contributed by atoms with Crippen LogP contribution in [0.3, 0.4) is 0 Å². The molecule has 1 fully saturated rings. The van der Waals surface area contributed by atoms with Crippen LogP contribution in [0.15, 0.2) is 47.8 Å². The number of rotatable bonds is 11. The summed E-state index contributed by atoms with van der Waals surface area (Å²) in [7, 11) is 1.57. The molecular weight excluding hydrogens is 570 g/mol. The van der Waals surface area contributed by atoms with Gasteiger partial charge in [-0.25, -0.2) is 4.98 Å². The number of methoxy groups -OCH3 is 1. The normalized spacial score (nSPS) is 14.6.